The summed E-state index contributed by atoms with van der Waals surface area (Å²) in [7, 11) is 0. The van der Waals surface area contributed by atoms with Crippen LogP contribution in [0.2, 0.25) is 0 Å². The summed E-state index contributed by atoms with van der Waals surface area (Å²) in [5.74, 6) is -0.0459. The third-order valence-electron chi connectivity index (χ3n) is 4.95. The molecule has 0 bridgehead atoms. The molecule has 0 saturated heterocycles. The number of anilines is 2. The molecule has 0 atom stereocenters. The van der Waals surface area contributed by atoms with Gasteiger partial charge in [-0.05, 0) is 68.5 Å². The maximum atomic E-state index is 11.9. The fourth-order valence-corrected chi connectivity index (χ4v) is 3.24. The van der Waals surface area contributed by atoms with Crippen LogP contribution >= 0.6 is 0 Å². The van der Waals surface area contributed by atoms with Crippen LogP contribution in [-0.4, -0.2) is 5.78 Å². The Morgan fingerprint density at radius 1 is 1.15 bits per heavy atom. The summed E-state index contributed by atoms with van der Waals surface area (Å²) >= 11 is 0. The van der Waals surface area contributed by atoms with Crippen LogP contribution in [0.15, 0.2) is 48.2 Å². The molecule has 132 valence electrons. The first-order valence-electron chi connectivity index (χ1n) is 8.73. The van der Waals surface area contributed by atoms with Crippen molar-refractivity contribution in [3.8, 4) is 6.07 Å². The molecule has 0 radical (unpaired) electrons. The van der Waals surface area contributed by atoms with Crippen molar-refractivity contribution in [3.05, 3.63) is 64.9 Å². The van der Waals surface area contributed by atoms with Crippen LogP contribution in [-0.2, 0) is 10.2 Å². The number of carbonyl (C=O) groups excluding carboxylic acids is 1. The van der Waals surface area contributed by atoms with Gasteiger partial charge < -0.3 is 11.1 Å². The molecule has 0 spiro atoms. The first-order chi connectivity index (χ1) is 12.4. The molecule has 3 rings (SSSR count). The molecule has 3 N–H and O–H groups in total. The highest BCUT2D eigenvalue weighted by Crippen LogP contribution is 2.47. The van der Waals surface area contributed by atoms with Crippen molar-refractivity contribution in [2.45, 2.75) is 39.0 Å². The molecule has 1 aliphatic rings. The van der Waals surface area contributed by atoms with Crippen molar-refractivity contribution in [1.82, 2.24) is 0 Å². The zero-order chi connectivity index (χ0) is 18.9. The fraction of sp³-hybridized carbons (Fsp3) is 0.273. The van der Waals surface area contributed by atoms with Crippen molar-refractivity contribution >= 4 is 22.7 Å². The van der Waals surface area contributed by atoms with Crippen molar-refractivity contribution < 1.29 is 4.79 Å². The Morgan fingerprint density at radius 2 is 1.81 bits per heavy atom. The zero-order valence-corrected chi connectivity index (χ0v) is 15.4. The lowest BCUT2D eigenvalue weighted by Crippen LogP contribution is -2.06. The second kappa shape index (κ2) is 6.68. The minimum Gasteiger partial charge on any atom is -0.402 e. The third kappa shape index (κ3) is 3.34. The van der Waals surface area contributed by atoms with E-state index >= 15 is 0 Å². The Morgan fingerprint density at radius 3 is 2.31 bits per heavy atom. The number of nitrogens with two attached hydrogens (primary N) is 1. The fourth-order valence-electron chi connectivity index (χ4n) is 3.24. The molecule has 2 aromatic carbocycles. The van der Waals surface area contributed by atoms with Gasteiger partial charge in [0.2, 0.25) is 0 Å². The topological polar surface area (TPSA) is 78.9 Å². The average Bonchev–Trinajstić information content (AvgIpc) is 3.39. The predicted octanol–water partition coefficient (Wildman–Crippen LogP) is 4.57. The van der Waals surface area contributed by atoms with Crippen LogP contribution in [0, 0.1) is 18.3 Å². The molecule has 0 aliphatic heterocycles. The van der Waals surface area contributed by atoms with Gasteiger partial charge in [0.05, 0.1) is 11.5 Å². The second-order valence-corrected chi connectivity index (χ2v) is 7.04. The number of ketones is 1. The number of nitriles is 1. The molecule has 1 saturated carbocycles. The number of nitrogens with zero attached hydrogens (tertiary/aromatic N) is 1. The number of hydrogen-bond acceptors (Lipinski definition) is 4. The largest absolute Gasteiger partial charge is 0.402 e. The van der Waals surface area contributed by atoms with Crippen LogP contribution in [0.4, 0.5) is 11.4 Å². The van der Waals surface area contributed by atoms with Gasteiger partial charge in [-0.1, -0.05) is 24.3 Å². The van der Waals surface area contributed by atoms with Crippen LogP contribution in [0.3, 0.4) is 0 Å². The number of carbonyl (C=O) groups is 1. The molecule has 0 aromatic heterocycles. The number of benzene rings is 2. The van der Waals surface area contributed by atoms with Gasteiger partial charge >= 0.3 is 0 Å². The maximum absolute atomic E-state index is 11.9. The molecule has 1 aliphatic carbocycles. The van der Waals surface area contributed by atoms with Crippen molar-refractivity contribution in [2.24, 2.45) is 5.73 Å². The van der Waals surface area contributed by atoms with E-state index < -0.39 is 0 Å². The summed E-state index contributed by atoms with van der Waals surface area (Å²) in [5.41, 5.74) is 11.5. The molecule has 4 nitrogen and oxygen atoms in total. The van der Waals surface area contributed by atoms with Gasteiger partial charge in [0.15, 0.2) is 5.78 Å². The minimum absolute atomic E-state index is 0.0459. The van der Waals surface area contributed by atoms with Crippen LogP contribution in [0.5, 0.6) is 0 Å². The summed E-state index contributed by atoms with van der Waals surface area (Å²) in [4.78, 5) is 11.9. The lowest BCUT2D eigenvalue weighted by molar-refractivity contribution is -0.111. The standard InChI is InChI=1S/C22H23N3O/c1-14-4-5-17(21(15(2)24)16(3)26)12-20(14)25-19-8-6-18(7-9-19)22(13-23)10-11-22/h4-9,12,25H,10-11,24H2,1-3H3. The van der Waals surface area contributed by atoms with Crippen LogP contribution < -0.4 is 11.1 Å². The van der Waals surface area contributed by atoms with E-state index in [0.717, 1.165) is 40.9 Å². The smallest absolute Gasteiger partial charge is 0.162 e. The van der Waals surface area contributed by atoms with Crippen LogP contribution in [0.1, 0.15) is 43.4 Å². The molecule has 1 fully saturated rings. The van der Waals surface area contributed by atoms with E-state index in [-0.39, 0.29) is 11.2 Å². The zero-order valence-electron chi connectivity index (χ0n) is 15.4. The number of Topliss-reactive ketones (excluding diaryl/α,β-unsaturated/α-hetero) is 1. The van der Waals surface area contributed by atoms with E-state index in [1.807, 2.05) is 49.4 Å². The molecular formula is C22H23N3O. The highest BCUT2D eigenvalue weighted by molar-refractivity contribution is 6.20. The van der Waals surface area contributed by atoms with Gasteiger partial charge in [0.1, 0.15) is 0 Å². The number of nitrogens with one attached hydrogen (secondary N) is 1. The highest BCUT2D eigenvalue weighted by Gasteiger charge is 2.44. The van der Waals surface area contributed by atoms with Crippen molar-refractivity contribution in [1.29, 1.82) is 5.26 Å². The van der Waals surface area contributed by atoms with Gasteiger partial charge in [-0.15, -0.1) is 0 Å². The summed E-state index contributed by atoms with van der Waals surface area (Å²) in [5, 5.41) is 12.7. The highest BCUT2D eigenvalue weighted by atomic mass is 16.1. The number of hydrogen-bond donors (Lipinski definition) is 2. The quantitative estimate of drug-likeness (QED) is 0.778. The summed E-state index contributed by atoms with van der Waals surface area (Å²) < 4.78 is 0. The van der Waals surface area contributed by atoms with E-state index in [9.17, 15) is 10.1 Å². The maximum Gasteiger partial charge on any atom is 0.162 e. The third-order valence-corrected chi connectivity index (χ3v) is 4.95. The molecular weight excluding hydrogens is 322 g/mol. The number of rotatable bonds is 5. The summed E-state index contributed by atoms with van der Waals surface area (Å²) in [6.07, 6.45) is 1.88. The summed E-state index contributed by atoms with van der Waals surface area (Å²) in [6, 6.07) is 16.3. The molecule has 0 unspecified atom stereocenters. The van der Waals surface area contributed by atoms with E-state index in [4.69, 9.17) is 5.73 Å². The predicted molar refractivity (Wildman–Crippen MR) is 105 cm³/mol. The van der Waals surface area contributed by atoms with Gasteiger partial charge in [0.25, 0.3) is 0 Å². The van der Waals surface area contributed by atoms with Gasteiger partial charge in [0, 0.05) is 22.6 Å². The first kappa shape index (κ1) is 17.8. The van der Waals surface area contributed by atoms with Gasteiger partial charge in [-0.25, -0.2) is 0 Å². The van der Waals surface area contributed by atoms with Gasteiger partial charge in [-0.2, -0.15) is 5.26 Å². The Hall–Kier alpha value is -3.06. The van der Waals surface area contributed by atoms with E-state index in [2.05, 4.69) is 11.4 Å². The lowest BCUT2D eigenvalue weighted by Gasteiger charge is -2.14. The normalized spacial score (nSPS) is 15.6. The van der Waals surface area contributed by atoms with E-state index in [1.165, 1.54) is 6.92 Å². The van der Waals surface area contributed by atoms with Crippen molar-refractivity contribution in [3.63, 3.8) is 0 Å². The van der Waals surface area contributed by atoms with E-state index in [0.29, 0.717) is 11.3 Å². The Balaban J connectivity index is 1.88. The first-order valence-corrected chi connectivity index (χ1v) is 8.73. The molecule has 0 heterocycles. The SMILES string of the molecule is CC(=O)C(=C(C)N)c1ccc(C)c(Nc2ccc(C3(C#N)CC3)cc2)c1. The number of aryl methyl sites for hydroxylation is 1. The van der Waals surface area contributed by atoms with Crippen LogP contribution in [0.25, 0.3) is 5.57 Å². The number of allylic oxidation sites excluding steroid dienone is 2. The lowest BCUT2D eigenvalue weighted by atomic mass is 9.97. The molecule has 2 aromatic rings. The Bertz CT molecular complexity index is 925. The van der Waals surface area contributed by atoms with Gasteiger partial charge in [-0.3, -0.25) is 4.79 Å². The molecule has 0 amide bonds. The molecule has 4 heteroatoms. The Kier molecular flexibility index (Phi) is 4.56. The van der Waals surface area contributed by atoms with E-state index in [1.54, 1.807) is 6.92 Å². The minimum atomic E-state index is -0.270. The second-order valence-electron chi connectivity index (χ2n) is 7.04. The monoisotopic (exact) mass is 345 g/mol. The van der Waals surface area contributed by atoms with Crippen molar-refractivity contribution in [2.75, 3.05) is 5.32 Å². The Labute approximate surface area is 154 Å². The molecule has 26 heavy (non-hydrogen) atoms. The average molecular weight is 345 g/mol. The summed E-state index contributed by atoms with van der Waals surface area (Å²) in [6.45, 7) is 5.29.